The van der Waals surface area contributed by atoms with Gasteiger partial charge in [-0.2, -0.15) is 5.10 Å². The first-order valence-corrected chi connectivity index (χ1v) is 7.53. The third kappa shape index (κ3) is 6.42. The Morgan fingerprint density at radius 3 is 2.58 bits per heavy atom. The third-order valence-electron chi connectivity index (χ3n) is 3.11. The van der Waals surface area contributed by atoms with Crippen LogP contribution in [0.3, 0.4) is 0 Å². The van der Waals surface area contributed by atoms with E-state index in [9.17, 15) is 20.1 Å². The Morgan fingerprint density at radius 2 is 2.00 bits per heavy atom. The van der Waals surface area contributed by atoms with Crippen molar-refractivity contribution in [3.8, 4) is 5.75 Å². The van der Waals surface area contributed by atoms with Crippen LogP contribution in [0.2, 0.25) is 5.02 Å². The minimum Gasteiger partial charge on any atom is -0.483 e. The predicted octanol–water partition coefficient (Wildman–Crippen LogP) is -0.407. The fourth-order valence-electron chi connectivity index (χ4n) is 1.71. The van der Waals surface area contributed by atoms with Gasteiger partial charge in [-0.1, -0.05) is 11.6 Å². The van der Waals surface area contributed by atoms with Crippen LogP contribution in [0.5, 0.6) is 5.75 Å². The molecule has 1 rings (SSSR count). The maximum atomic E-state index is 11.6. The Balaban J connectivity index is 2.42. The minimum absolute atomic E-state index is 0.311. The lowest BCUT2D eigenvalue weighted by Crippen LogP contribution is -2.44. The smallest absolute Gasteiger partial charge is 0.277 e. The number of aliphatic hydroxyl groups is 4. The quantitative estimate of drug-likeness (QED) is 0.316. The van der Waals surface area contributed by atoms with Gasteiger partial charge in [0.05, 0.1) is 12.3 Å². The number of hydrogen-bond donors (Lipinski definition) is 5. The van der Waals surface area contributed by atoms with Gasteiger partial charge in [0, 0.05) is 5.02 Å². The molecule has 1 aromatic rings. The molecule has 0 aliphatic carbocycles. The van der Waals surface area contributed by atoms with E-state index in [-0.39, 0.29) is 6.61 Å². The van der Waals surface area contributed by atoms with E-state index in [1.165, 1.54) is 6.92 Å². The van der Waals surface area contributed by atoms with E-state index >= 15 is 0 Å². The summed E-state index contributed by atoms with van der Waals surface area (Å²) in [6.07, 6.45) is -5.14. The highest BCUT2D eigenvalue weighted by Crippen LogP contribution is 2.21. The summed E-state index contributed by atoms with van der Waals surface area (Å²) in [5.74, 6) is -0.0904. The fourth-order valence-corrected chi connectivity index (χ4v) is 1.94. The summed E-state index contributed by atoms with van der Waals surface area (Å²) in [5, 5.41) is 41.6. The molecular weight excluding hydrogens is 340 g/mol. The molecule has 1 amide bonds. The highest BCUT2D eigenvalue weighted by atomic mass is 35.5. The molecule has 0 aliphatic rings. The minimum atomic E-state index is -1.64. The van der Waals surface area contributed by atoms with Crippen molar-refractivity contribution in [2.24, 2.45) is 5.10 Å². The van der Waals surface area contributed by atoms with Gasteiger partial charge >= 0.3 is 0 Å². The molecule has 24 heavy (non-hydrogen) atoms. The van der Waals surface area contributed by atoms with Gasteiger partial charge in [-0.15, -0.1) is 0 Å². The van der Waals surface area contributed by atoms with Crippen LogP contribution in [0.25, 0.3) is 0 Å². The van der Waals surface area contributed by atoms with Crippen molar-refractivity contribution in [3.63, 3.8) is 0 Å². The van der Waals surface area contributed by atoms with Crippen LogP contribution in [0.15, 0.2) is 23.3 Å². The van der Waals surface area contributed by atoms with Crippen LogP contribution >= 0.6 is 11.6 Å². The lowest BCUT2D eigenvalue weighted by Gasteiger charge is -2.22. The molecule has 5 N–H and O–H groups in total. The summed E-state index contributed by atoms with van der Waals surface area (Å²) in [6, 6.07) is 4.95. The Bertz CT molecular complexity index is 581. The standard InChI is InChI=1S/C15H21ClN2O6/c1-8-5-10(16)3-4-12(8)24-7-13(21)18-17-6-11(20)15(23)14(22)9(2)19/h3-6,9,11,14-15,19-20,22-23H,7H2,1-2H3,(H,18,21)/b17-6-/t9-,11-,14-,15+/m1/s1. The van der Waals surface area contributed by atoms with E-state index in [4.69, 9.17) is 21.4 Å². The topological polar surface area (TPSA) is 132 Å². The lowest BCUT2D eigenvalue weighted by molar-refractivity contribution is -0.123. The van der Waals surface area contributed by atoms with E-state index in [1.54, 1.807) is 25.1 Å². The summed E-state index contributed by atoms with van der Waals surface area (Å²) in [5.41, 5.74) is 2.87. The molecule has 0 heterocycles. The summed E-state index contributed by atoms with van der Waals surface area (Å²) in [6.45, 7) is 2.73. The van der Waals surface area contributed by atoms with Crippen molar-refractivity contribution < 1.29 is 30.0 Å². The van der Waals surface area contributed by atoms with Gasteiger partial charge in [-0.3, -0.25) is 4.79 Å². The van der Waals surface area contributed by atoms with E-state index < -0.39 is 30.3 Å². The van der Waals surface area contributed by atoms with Crippen molar-refractivity contribution in [2.45, 2.75) is 38.3 Å². The number of hydrogen-bond acceptors (Lipinski definition) is 7. The number of halogens is 1. The molecule has 0 saturated heterocycles. The van der Waals surface area contributed by atoms with Crippen LogP contribution < -0.4 is 10.2 Å². The molecule has 0 aromatic heterocycles. The second kappa shape index (κ2) is 9.55. The van der Waals surface area contributed by atoms with Crippen molar-refractivity contribution in [2.75, 3.05) is 6.61 Å². The molecule has 0 bridgehead atoms. The van der Waals surface area contributed by atoms with Crippen molar-refractivity contribution in [3.05, 3.63) is 28.8 Å². The van der Waals surface area contributed by atoms with Gasteiger partial charge in [-0.05, 0) is 37.6 Å². The summed E-state index contributed by atoms with van der Waals surface area (Å²) in [7, 11) is 0. The monoisotopic (exact) mass is 360 g/mol. The van der Waals surface area contributed by atoms with Gasteiger partial charge in [-0.25, -0.2) is 5.43 Å². The maximum Gasteiger partial charge on any atom is 0.277 e. The average molecular weight is 361 g/mol. The molecule has 134 valence electrons. The number of hydrazone groups is 1. The first kappa shape index (κ1) is 20.3. The Labute approximate surface area is 144 Å². The number of nitrogens with one attached hydrogen (secondary N) is 1. The number of benzene rings is 1. The molecule has 0 aliphatic heterocycles. The highest BCUT2D eigenvalue weighted by Gasteiger charge is 2.27. The van der Waals surface area contributed by atoms with Gasteiger partial charge in [0.1, 0.15) is 24.1 Å². The second-order valence-electron chi connectivity index (χ2n) is 5.22. The van der Waals surface area contributed by atoms with Crippen molar-refractivity contribution in [1.82, 2.24) is 5.43 Å². The Kier molecular flexibility index (Phi) is 8.09. The fraction of sp³-hybridized carbons (Fsp3) is 0.467. The largest absolute Gasteiger partial charge is 0.483 e. The first-order valence-electron chi connectivity index (χ1n) is 7.15. The molecule has 0 radical (unpaired) electrons. The molecule has 8 nitrogen and oxygen atoms in total. The molecule has 9 heteroatoms. The SMILES string of the molecule is Cc1cc(Cl)ccc1OCC(=O)N/N=C\[C@@H](O)[C@H](O)[C@H](O)[C@@H](C)O. The zero-order valence-corrected chi connectivity index (χ0v) is 14.0. The Morgan fingerprint density at radius 1 is 1.33 bits per heavy atom. The number of carbonyl (C=O) groups is 1. The van der Waals surface area contributed by atoms with E-state index in [0.717, 1.165) is 11.8 Å². The number of aryl methyl sites for hydroxylation is 1. The zero-order valence-electron chi connectivity index (χ0n) is 13.3. The zero-order chi connectivity index (χ0) is 18.3. The number of nitrogens with zero attached hydrogens (tertiary/aromatic N) is 1. The summed E-state index contributed by atoms with van der Waals surface area (Å²) in [4.78, 5) is 11.6. The lowest BCUT2D eigenvalue weighted by atomic mass is 10.1. The number of ether oxygens (including phenoxy) is 1. The number of aliphatic hydroxyl groups excluding tert-OH is 4. The van der Waals surface area contributed by atoms with Gasteiger partial charge in [0.15, 0.2) is 6.61 Å². The molecular formula is C15H21ClN2O6. The molecule has 0 unspecified atom stereocenters. The van der Waals surface area contributed by atoms with E-state index in [0.29, 0.717) is 10.8 Å². The molecule has 0 saturated carbocycles. The highest BCUT2D eigenvalue weighted by molar-refractivity contribution is 6.30. The van der Waals surface area contributed by atoms with Crippen LogP contribution in [-0.2, 0) is 4.79 Å². The van der Waals surface area contributed by atoms with Crippen LogP contribution in [0, 0.1) is 6.92 Å². The molecule has 0 spiro atoms. The summed E-state index contributed by atoms with van der Waals surface area (Å²) >= 11 is 5.81. The van der Waals surface area contributed by atoms with Gasteiger partial charge < -0.3 is 25.2 Å². The summed E-state index contributed by atoms with van der Waals surface area (Å²) < 4.78 is 5.30. The number of carbonyl (C=O) groups excluding carboxylic acids is 1. The first-order chi connectivity index (χ1) is 11.2. The Hall–Kier alpha value is -1.71. The molecule has 0 fully saturated rings. The van der Waals surface area contributed by atoms with Crippen molar-refractivity contribution in [1.29, 1.82) is 0 Å². The predicted molar refractivity (Wildman–Crippen MR) is 88.0 cm³/mol. The molecule has 4 atom stereocenters. The third-order valence-corrected chi connectivity index (χ3v) is 3.34. The van der Waals surface area contributed by atoms with Crippen molar-refractivity contribution >= 4 is 23.7 Å². The maximum absolute atomic E-state index is 11.6. The van der Waals surface area contributed by atoms with Crippen LogP contribution in [-0.4, -0.2) is 63.6 Å². The number of amides is 1. The van der Waals surface area contributed by atoms with E-state index in [1.807, 2.05) is 0 Å². The van der Waals surface area contributed by atoms with Gasteiger partial charge in [0.25, 0.3) is 5.91 Å². The van der Waals surface area contributed by atoms with E-state index in [2.05, 4.69) is 10.5 Å². The van der Waals surface area contributed by atoms with Crippen LogP contribution in [0.1, 0.15) is 12.5 Å². The number of rotatable bonds is 8. The normalized spacial score (nSPS) is 16.5. The van der Waals surface area contributed by atoms with Crippen LogP contribution in [0.4, 0.5) is 0 Å². The average Bonchev–Trinajstić information content (AvgIpc) is 2.52. The second-order valence-corrected chi connectivity index (χ2v) is 5.66. The molecule has 1 aromatic carbocycles. The van der Waals surface area contributed by atoms with Gasteiger partial charge in [0.2, 0.25) is 0 Å².